The van der Waals surface area contributed by atoms with Crippen LogP contribution in [0.4, 0.5) is 5.95 Å². The van der Waals surface area contributed by atoms with Gasteiger partial charge in [-0.3, -0.25) is 28.7 Å². The number of anilines is 1. The highest BCUT2D eigenvalue weighted by molar-refractivity contribution is 7.46. The topological polar surface area (TPSA) is 223 Å². The van der Waals surface area contributed by atoms with Crippen molar-refractivity contribution in [1.29, 1.82) is 0 Å². The summed E-state index contributed by atoms with van der Waals surface area (Å²) in [6.45, 7) is 18.9. The first kappa shape index (κ1) is 56.6. The molecule has 3 aromatic carbocycles. The molecule has 2 saturated heterocycles. The Bertz CT molecular complexity index is 3030. The van der Waals surface area contributed by atoms with Crippen molar-refractivity contribution in [3.05, 3.63) is 145 Å². The second kappa shape index (κ2) is 23.6. The van der Waals surface area contributed by atoms with Crippen molar-refractivity contribution in [2.75, 3.05) is 60.2 Å². The molecule has 9 atom stereocenters. The number of aromatic amines is 2. The first-order valence-electron chi connectivity index (χ1n) is 25.3. The molecule has 0 saturated carbocycles. The van der Waals surface area contributed by atoms with E-state index in [-0.39, 0.29) is 23.8 Å². The van der Waals surface area contributed by atoms with Gasteiger partial charge in [0, 0.05) is 39.2 Å². The van der Waals surface area contributed by atoms with Gasteiger partial charge in [-0.05, 0) is 71.9 Å². The Hall–Kier alpha value is -5.58. The molecule has 2 fully saturated rings. The Morgan fingerprint density at radius 3 is 1.88 bits per heavy atom. The standard InChI is InChI=1S/C54H72N7O13PSi/c1-32(2)27-55-51-57-46-41(48(63)58-51)56-31-61(46)50-45(68-10)43(74-76(12,13)53(4,5)6)40(72-50)30-70-75(11)73-42-39(71-49(44(42)67-9)60-28-33(3)47(62)59-52(60)64)29-69-54(34-17-15-14-16-18-34,35-19-23-37(65-7)24-20-35)36-21-25-38(66-8)26-22-36/h14-26,28,31-32,39-40,42-45,49-50H,27,29-30H2,1-13H3,(H,59,62,64)(H2,55,57,58,63)/t39-,40-,42-,43-,44-,45-,49-,50-,75?/m1/s1. The highest BCUT2D eigenvalue weighted by Gasteiger charge is 2.53. The zero-order valence-corrected chi connectivity index (χ0v) is 47.4. The van der Waals surface area contributed by atoms with Crippen LogP contribution in [0, 0.1) is 12.8 Å². The minimum absolute atomic E-state index is 0.000141. The van der Waals surface area contributed by atoms with Gasteiger partial charge in [-0.1, -0.05) is 89.2 Å². The van der Waals surface area contributed by atoms with Crippen LogP contribution in [0.5, 0.6) is 11.5 Å². The molecule has 2 aliphatic heterocycles. The SMILES string of the molecule is COc1ccc(C(OC[C@H]2O[C@@H](n3cc(C)c(=O)[nH]c3=O)[C@H](OC)[C@@H]2OP(C)OC[C@H]2O[C@@H](n3cnc4c(=O)[nH]c(NCC(C)C)nc43)[C@H](OC)[C@@H]2O[Si](C)(C)C(C)(C)C)(c2ccccc2)c2ccc(OC)cc2)cc1. The van der Waals surface area contributed by atoms with Gasteiger partial charge in [0.2, 0.25) is 5.95 Å². The first-order chi connectivity index (χ1) is 36.2. The van der Waals surface area contributed by atoms with E-state index >= 15 is 0 Å². The molecule has 1 unspecified atom stereocenters. The fourth-order valence-corrected chi connectivity index (χ4v) is 11.7. The second-order valence-corrected chi connectivity index (χ2v) is 27.1. The molecule has 3 aromatic heterocycles. The summed E-state index contributed by atoms with van der Waals surface area (Å²) in [6.07, 6.45) is -3.65. The average molecular weight is 1090 g/mol. The Balaban J connectivity index is 1.13. The zero-order chi connectivity index (χ0) is 54.7. The van der Waals surface area contributed by atoms with Crippen LogP contribution in [0.15, 0.2) is 106 Å². The number of fused-ring (bicyclic) bond motifs is 1. The van der Waals surface area contributed by atoms with Crippen molar-refractivity contribution in [3.8, 4) is 11.5 Å². The smallest absolute Gasteiger partial charge is 0.330 e. The van der Waals surface area contributed by atoms with Crippen molar-refractivity contribution < 1.29 is 46.6 Å². The fourth-order valence-electron chi connectivity index (χ4n) is 9.35. The van der Waals surface area contributed by atoms with Gasteiger partial charge in [0.05, 0.1) is 33.8 Å². The van der Waals surface area contributed by atoms with Gasteiger partial charge in [0.1, 0.15) is 53.7 Å². The van der Waals surface area contributed by atoms with E-state index in [0.717, 1.165) is 16.7 Å². The molecule has 76 heavy (non-hydrogen) atoms. The van der Waals surface area contributed by atoms with Crippen LogP contribution in [0.1, 0.15) is 69.3 Å². The average Bonchev–Trinajstić information content (AvgIpc) is 4.12. The minimum atomic E-state index is -2.50. The molecule has 20 nitrogen and oxygen atoms in total. The highest BCUT2D eigenvalue weighted by Crippen LogP contribution is 2.48. The quantitative estimate of drug-likeness (QED) is 0.0338. The third-order valence-corrected chi connectivity index (χ3v) is 20.0. The number of benzene rings is 3. The Kier molecular flexibility index (Phi) is 17.6. The maximum atomic E-state index is 13.6. The molecule has 8 rings (SSSR count). The number of imidazole rings is 1. The lowest BCUT2D eigenvalue weighted by molar-refractivity contribution is -0.0956. The van der Waals surface area contributed by atoms with Crippen LogP contribution in [0.25, 0.3) is 11.2 Å². The molecule has 6 aromatic rings. The van der Waals surface area contributed by atoms with E-state index in [9.17, 15) is 14.4 Å². The van der Waals surface area contributed by atoms with Crippen LogP contribution in [0.2, 0.25) is 18.1 Å². The summed E-state index contributed by atoms with van der Waals surface area (Å²) in [6, 6.07) is 25.2. The number of H-pyrrole nitrogens is 2. The molecule has 5 heterocycles. The number of methoxy groups -OCH3 is 4. The number of rotatable bonds is 22. The normalized spacial score (nSPS) is 22.6. The van der Waals surface area contributed by atoms with Crippen LogP contribution < -0.4 is 31.6 Å². The van der Waals surface area contributed by atoms with Crippen molar-refractivity contribution in [3.63, 3.8) is 0 Å². The second-order valence-electron chi connectivity index (χ2n) is 21.0. The van der Waals surface area contributed by atoms with Gasteiger partial charge in [0.25, 0.3) is 11.1 Å². The van der Waals surface area contributed by atoms with Crippen molar-refractivity contribution >= 4 is 33.8 Å². The van der Waals surface area contributed by atoms with Crippen LogP contribution in [-0.4, -0.2) is 129 Å². The van der Waals surface area contributed by atoms with Crippen molar-refractivity contribution in [2.45, 2.75) is 114 Å². The van der Waals surface area contributed by atoms with E-state index in [1.54, 1.807) is 32.8 Å². The summed E-state index contributed by atoms with van der Waals surface area (Å²) in [7, 11) is 2.05. The van der Waals surface area contributed by atoms with Crippen LogP contribution in [0.3, 0.4) is 0 Å². The first-order valence-corrected chi connectivity index (χ1v) is 29.9. The Morgan fingerprint density at radius 2 is 1.32 bits per heavy atom. The molecular weight excluding hydrogens is 1010 g/mol. The number of aromatic nitrogens is 6. The number of nitrogens with zero attached hydrogens (tertiary/aromatic N) is 4. The van der Waals surface area contributed by atoms with E-state index in [1.807, 2.05) is 85.5 Å². The Labute approximate surface area is 444 Å². The van der Waals surface area contributed by atoms with E-state index in [1.165, 1.54) is 24.2 Å². The zero-order valence-electron chi connectivity index (χ0n) is 45.5. The molecular formula is C54H72N7O13PSi. The lowest BCUT2D eigenvalue weighted by atomic mass is 9.80. The van der Waals surface area contributed by atoms with Gasteiger partial charge in [-0.2, -0.15) is 4.98 Å². The molecule has 0 bridgehead atoms. The molecule has 3 N–H and O–H groups in total. The van der Waals surface area contributed by atoms with E-state index in [4.69, 9.17) is 51.6 Å². The van der Waals surface area contributed by atoms with Gasteiger partial charge in [-0.15, -0.1) is 0 Å². The van der Waals surface area contributed by atoms with E-state index in [2.05, 4.69) is 68.0 Å². The summed E-state index contributed by atoms with van der Waals surface area (Å²) in [5.74, 6) is 1.94. The summed E-state index contributed by atoms with van der Waals surface area (Å²) < 4.78 is 68.5. The van der Waals surface area contributed by atoms with E-state index < -0.39 is 88.2 Å². The molecule has 0 aliphatic carbocycles. The highest BCUT2D eigenvalue weighted by atomic mass is 31.2. The maximum Gasteiger partial charge on any atom is 0.330 e. The van der Waals surface area contributed by atoms with Gasteiger partial charge in [-0.25, -0.2) is 9.78 Å². The van der Waals surface area contributed by atoms with Gasteiger partial charge in [0.15, 0.2) is 40.3 Å². The predicted molar refractivity (Wildman–Crippen MR) is 291 cm³/mol. The van der Waals surface area contributed by atoms with E-state index in [0.29, 0.717) is 41.1 Å². The van der Waals surface area contributed by atoms with Crippen molar-refractivity contribution in [1.82, 2.24) is 29.1 Å². The molecule has 2 aliphatic rings. The molecule has 0 spiro atoms. The minimum Gasteiger partial charge on any atom is -0.497 e. The molecule has 22 heteroatoms. The maximum absolute atomic E-state index is 13.6. The lowest BCUT2D eigenvalue weighted by Gasteiger charge is -2.40. The Morgan fingerprint density at radius 1 is 0.750 bits per heavy atom. The number of hydrogen-bond acceptors (Lipinski definition) is 16. The van der Waals surface area contributed by atoms with Gasteiger partial charge < -0.3 is 51.9 Å². The van der Waals surface area contributed by atoms with Gasteiger partial charge >= 0.3 is 5.69 Å². The third-order valence-electron chi connectivity index (χ3n) is 14.5. The molecule has 410 valence electrons. The third kappa shape index (κ3) is 11.6. The summed E-state index contributed by atoms with van der Waals surface area (Å²) >= 11 is 0. The molecule has 0 amide bonds. The summed E-state index contributed by atoms with van der Waals surface area (Å²) in [5.41, 5.74) is 0.336. The largest absolute Gasteiger partial charge is 0.497 e. The number of nitrogens with one attached hydrogen (secondary N) is 3. The van der Waals surface area contributed by atoms with Crippen LogP contribution >= 0.6 is 8.38 Å². The van der Waals surface area contributed by atoms with Crippen molar-refractivity contribution in [2.24, 2.45) is 5.92 Å². The predicted octanol–water partition coefficient (Wildman–Crippen LogP) is 7.63. The monoisotopic (exact) mass is 1090 g/mol. The lowest BCUT2D eigenvalue weighted by Crippen LogP contribution is -2.50. The summed E-state index contributed by atoms with van der Waals surface area (Å²) in [4.78, 5) is 54.0. The number of ether oxygens (including phenoxy) is 7. The fraction of sp³-hybridized carbons (Fsp3) is 0.500. The number of hydrogen-bond donors (Lipinski definition) is 3. The van der Waals surface area contributed by atoms with Crippen LogP contribution in [-0.2, 0) is 42.8 Å². The summed E-state index contributed by atoms with van der Waals surface area (Å²) in [5, 5.41) is 3.04. The molecule has 0 radical (unpaired) electrons. The number of aryl methyl sites for hydroxylation is 1.